The molecule has 0 aliphatic carbocycles. The standard InChI is InChI=1S/C24H32N2O5S/c1-7-30-21-11-9-19(12-17(21)4)32(28,29)25-18-8-10-22-20(13-18)26(14-16(2)3)23(27)24(5,6)15-31-22/h8-13,16,25H,7,14-15H2,1-6H3. The number of carbonyl (C=O) groups excluding carboxylic acids is 1. The van der Waals surface area contributed by atoms with Gasteiger partial charge in [-0.3, -0.25) is 9.52 Å². The Labute approximate surface area is 190 Å². The first-order valence-corrected chi connectivity index (χ1v) is 12.3. The molecule has 0 spiro atoms. The fourth-order valence-electron chi connectivity index (χ4n) is 3.58. The average molecular weight is 461 g/mol. The lowest BCUT2D eigenvalue weighted by Crippen LogP contribution is -2.43. The van der Waals surface area contributed by atoms with E-state index >= 15 is 0 Å². The maximum atomic E-state index is 13.2. The number of anilines is 2. The van der Waals surface area contributed by atoms with Crippen LogP contribution in [-0.4, -0.2) is 34.1 Å². The van der Waals surface area contributed by atoms with E-state index in [1.807, 2.05) is 34.6 Å². The van der Waals surface area contributed by atoms with E-state index in [0.29, 0.717) is 36.0 Å². The molecule has 0 saturated carbocycles. The summed E-state index contributed by atoms with van der Waals surface area (Å²) in [7, 11) is -3.83. The van der Waals surface area contributed by atoms with Gasteiger partial charge in [-0.15, -0.1) is 0 Å². The first kappa shape index (κ1) is 23.9. The molecule has 1 heterocycles. The number of nitrogens with zero attached hydrogens (tertiary/aromatic N) is 1. The highest BCUT2D eigenvalue weighted by molar-refractivity contribution is 7.92. The largest absolute Gasteiger partial charge is 0.494 e. The van der Waals surface area contributed by atoms with Crippen molar-refractivity contribution >= 4 is 27.3 Å². The normalized spacial score (nSPS) is 15.7. The minimum absolute atomic E-state index is 0.0490. The molecule has 32 heavy (non-hydrogen) atoms. The van der Waals surface area contributed by atoms with Gasteiger partial charge >= 0.3 is 0 Å². The molecular weight excluding hydrogens is 428 g/mol. The highest BCUT2D eigenvalue weighted by Gasteiger charge is 2.38. The van der Waals surface area contributed by atoms with Gasteiger partial charge < -0.3 is 14.4 Å². The maximum absolute atomic E-state index is 13.2. The Morgan fingerprint density at radius 3 is 2.53 bits per heavy atom. The second-order valence-corrected chi connectivity index (χ2v) is 10.8. The number of nitrogens with one attached hydrogen (secondary N) is 1. The van der Waals surface area contributed by atoms with E-state index in [4.69, 9.17) is 9.47 Å². The molecule has 2 aromatic rings. The molecule has 0 radical (unpaired) electrons. The zero-order valence-corrected chi connectivity index (χ0v) is 20.4. The lowest BCUT2D eigenvalue weighted by Gasteiger charge is -2.29. The van der Waals surface area contributed by atoms with Gasteiger partial charge in [0.2, 0.25) is 5.91 Å². The number of hydrogen-bond donors (Lipinski definition) is 1. The van der Waals surface area contributed by atoms with E-state index in [0.717, 1.165) is 5.56 Å². The lowest BCUT2D eigenvalue weighted by atomic mass is 9.92. The zero-order valence-electron chi connectivity index (χ0n) is 19.6. The first-order valence-electron chi connectivity index (χ1n) is 10.8. The predicted octanol–water partition coefficient (Wildman–Crippen LogP) is 4.60. The molecule has 2 aromatic carbocycles. The maximum Gasteiger partial charge on any atom is 0.261 e. The number of aryl methyl sites for hydroxylation is 1. The van der Waals surface area contributed by atoms with Crippen LogP contribution in [0.15, 0.2) is 41.3 Å². The molecule has 0 atom stereocenters. The second kappa shape index (κ2) is 9.02. The third-order valence-electron chi connectivity index (χ3n) is 5.22. The molecule has 174 valence electrons. The summed E-state index contributed by atoms with van der Waals surface area (Å²) in [6, 6.07) is 9.77. The number of hydrogen-bond acceptors (Lipinski definition) is 5. The molecule has 1 amide bonds. The summed E-state index contributed by atoms with van der Waals surface area (Å²) in [6.45, 7) is 12.7. The first-order chi connectivity index (χ1) is 14.9. The number of benzene rings is 2. The highest BCUT2D eigenvalue weighted by Crippen LogP contribution is 2.39. The van der Waals surface area contributed by atoms with Gasteiger partial charge in [0.1, 0.15) is 18.1 Å². The zero-order chi connectivity index (χ0) is 23.7. The van der Waals surface area contributed by atoms with Gasteiger partial charge in [0.25, 0.3) is 10.0 Å². The summed E-state index contributed by atoms with van der Waals surface area (Å²) in [4.78, 5) is 15.0. The van der Waals surface area contributed by atoms with Gasteiger partial charge in [-0.05, 0) is 75.6 Å². The summed E-state index contributed by atoms with van der Waals surface area (Å²) in [5.74, 6) is 1.39. The molecule has 0 saturated heterocycles. The van der Waals surface area contributed by atoms with Crippen molar-refractivity contribution < 1.29 is 22.7 Å². The minimum atomic E-state index is -3.83. The van der Waals surface area contributed by atoms with Crippen LogP contribution in [0.4, 0.5) is 11.4 Å². The monoisotopic (exact) mass is 460 g/mol. The van der Waals surface area contributed by atoms with Crippen LogP contribution in [0.5, 0.6) is 11.5 Å². The fraction of sp³-hybridized carbons (Fsp3) is 0.458. The van der Waals surface area contributed by atoms with Crippen LogP contribution in [0.1, 0.15) is 40.2 Å². The number of amides is 1. The number of sulfonamides is 1. The summed E-state index contributed by atoms with van der Waals surface area (Å²) >= 11 is 0. The molecule has 0 fully saturated rings. The van der Waals surface area contributed by atoms with Crippen molar-refractivity contribution in [2.24, 2.45) is 11.3 Å². The average Bonchev–Trinajstić information content (AvgIpc) is 2.79. The summed E-state index contributed by atoms with van der Waals surface area (Å²) in [5.41, 5.74) is 0.978. The lowest BCUT2D eigenvalue weighted by molar-refractivity contribution is -0.127. The number of ether oxygens (including phenoxy) is 2. The van der Waals surface area contributed by atoms with Crippen molar-refractivity contribution in [3.8, 4) is 11.5 Å². The number of fused-ring (bicyclic) bond motifs is 1. The summed E-state index contributed by atoms with van der Waals surface area (Å²) in [6.07, 6.45) is 0. The Bertz CT molecular complexity index is 1110. The van der Waals surface area contributed by atoms with Crippen LogP contribution in [0.3, 0.4) is 0 Å². The van der Waals surface area contributed by atoms with Crippen LogP contribution in [0.2, 0.25) is 0 Å². The van der Waals surface area contributed by atoms with Gasteiger partial charge in [-0.25, -0.2) is 8.42 Å². The van der Waals surface area contributed by atoms with E-state index in [-0.39, 0.29) is 23.3 Å². The summed E-state index contributed by atoms with van der Waals surface area (Å²) < 4.78 is 40.1. The molecule has 8 heteroatoms. The van der Waals surface area contributed by atoms with E-state index in [1.165, 1.54) is 6.07 Å². The summed E-state index contributed by atoms with van der Waals surface area (Å²) in [5, 5.41) is 0. The van der Waals surface area contributed by atoms with Crippen LogP contribution < -0.4 is 19.1 Å². The fourth-order valence-corrected chi connectivity index (χ4v) is 4.71. The van der Waals surface area contributed by atoms with Crippen molar-refractivity contribution in [1.29, 1.82) is 0 Å². The van der Waals surface area contributed by atoms with Crippen molar-refractivity contribution in [1.82, 2.24) is 0 Å². The van der Waals surface area contributed by atoms with Crippen molar-refractivity contribution in [2.45, 2.75) is 46.4 Å². The third-order valence-corrected chi connectivity index (χ3v) is 6.60. The van der Waals surface area contributed by atoms with Crippen LogP contribution in [0.25, 0.3) is 0 Å². The molecular formula is C24H32N2O5S. The van der Waals surface area contributed by atoms with Crippen LogP contribution in [-0.2, 0) is 14.8 Å². The quantitative estimate of drug-likeness (QED) is 0.653. The molecule has 0 bridgehead atoms. The molecule has 0 aromatic heterocycles. The third kappa shape index (κ3) is 5.01. The van der Waals surface area contributed by atoms with Crippen molar-refractivity contribution in [2.75, 3.05) is 29.4 Å². The van der Waals surface area contributed by atoms with E-state index in [9.17, 15) is 13.2 Å². The predicted molar refractivity (Wildman–Crippen MR) is 126 cm³/mol. The van der Waals surface area contributed by atoms with Crippen molar-refractivity contribution in [3.05, 3.63) is 42.0 Å². The molecule has 1 aliphatic rings. The molecule has 3 rings (SSSR count). The number of rotatable bonds is 7. The van der Waals surface area contributed by atoms with Crippen LogP contribution >= 0.6 is 0 Å². The second-order valence-electron chi connectivity index (χ2n) is 9.13. The highest BCUT2D eigenvalue weighted by atomic mass is 32.2. The minimum Gasteiger partial charge on any atom is -0.494 e. The van der Waals surface area contributed by atoms with Crippen LogP contribution in [0, 0.1) is 18.3 Å². The molecule has 7 nitrogen and oxygen atoms in total. The van der Waals surface area contributed by atoms with Gasteiger partial charge in [0.15, 0.2) is 0 Å². The Balaban J connectivity index is 1.96. The van der Waals surface area contributed by atoms with Gasteiger partial charge in [0, 0.05) is 6.54 Å². The Hall–Kier alpha value is -2.74. The van der Waals surface area contributed by atoms with Gasteiger partial charge in [-0.1, -0.05) is 13.8 Å². The smallest absolute Gasteiger partial charge is 0.261 e. The Morgan fingerprint density at radius 1 is 1.19 bits per heavy atom. The molecule has 1 N–H and O–H groups in total. The SMILES string of the molecule is CCOc1ccc(S(=O)(=O)Nc2ccc3c(c2)N(CC(C)C)C(=O)C(C)(C)CO3)cc1C. The Kier molecular flexibility index (Phi) is 6.74. The van der Waals surface area contributed by atoms with Gasteiger partial charge in [-0.2, -0.15) is 0 Å². The molecule has 1 aliphatic heterocycles. The van der Waals surface area contributed by atoms with E-state index < -0.39 is 15.4 Å². The van der Waals surface area contributed by atoms with Crippen molar-refractivity contribution in [3.63, 3.8) is 0 Å². The topological polar surface area (TPSA) is 84.9 Å². The number of carbonyl (C=O) groups is 1. The van der Waals surface area contributed by atoms with E-state index in [2.05, 4.69) is 4.72 Å². The molecule has 0 unspecified atom stereocenters. The van der Waals surface area contributed by atoms with Gasteiger partial charge in [0.05, 0.1) is 28.3 Å². The van der Waals surface area contributed by atoms with E-state index in [1.54, 1.807) is 42.2 Å². The Morgan fingerprint density at radius 2 is 1.91 bits per heavy atom.